The van der Waals surface area contributed by atoms with E-state index in [0.717, 1.165) is 57.8 Å². The molecular weight excluding hydrogens is 300 g/mol. The third-order valence-corrected chi connectivity index (χ3v) is 4.20. The zero-order chi connectivity index (χ0) is 17.0. The number of hydrogen-bond acceptors (Lipinski definition) is 2. The predicted octanol–water partition coefficient (Wildman–Crippen LogP) is 2.19. The number of aliphatic imine (C=N–C) groups is 1. The van der Waals surface area contributed by atoms with E-state index >= 15 is 0 Å². The highest BCUT2D eigenvalue weighted by Crippen LogP contribution is 2.08. The van der Waals surface area contributed by atoms with Gasteiger partial charge in [0, 0.05) is 26.2 Å². The molecule has 0 aromatic heterocycles. The number of nitrogens with zero attached hydrogens (tertiary/aromatic N) is 2. The Morgan fingerprint density at radius 2 is 1.88 bits per heavy atom. The van der Waals surface area contributed by atoms with Crippen LogP contribution in [0, 0.1) is 0 Å². The quantitative estimate of drug-likeness (QED) is 0.458. The van der Waals surface area contributed by atoms with Gasteiger partial charge in [0.2, 0.25) is 5.91 Å². The fourth-order valence-corrected chi connectivity index (χ4v) is 2.88. The van der Waals surface area contributed by atoms with Crippen LogP contribution in [0.2, 0.25) is 0 Å². The second-order valence-electron chi connectivity index (χ2n) is 6.15. The van der Waals surface area contributed by atoms with Gasteiger partial charge in [-0.2, -0.15) is 0 Å². The number of nitrogens with one attached hydrogen (secondary N) is 2. The van der Waals surface area contributed by atoms with Gasteiger partial charge in [0.15, 0.2) is 5.96 Å². The maximum Gasteiger partial charge on any atom is 0.244 e. The summed E-state index contributed by atoms with van der Waals surface area (Å²) in [6, 6.07) is 10.5. The molecule has 0 aliphatic carbocycles. The predicted molar refractivity (Wildman–Crippen MR) is 99.2 cm³/mol. The fourth-order valence-electron chi connectivity index (χ4n) is 2.88. The number of guanidine groups is 1. The molecule has 1 aromatic rings. The molecule has 1 heterocycles. The van der Waals surface area contributed by atoms with Gasteiger partial charge in [0.1, 0.15) is 6.54 Å². The molecule has 5 heteroatoms. The van der Waals surface area contributed by atoms with Crippen LogP contribution in [0.5, 0.6) is 0 Å². The van der Waals surface area contributed by atoms with Crippen molar-refractivity contribution >= 4 is 11.9 Å². The first-order valence-electron chi connectivity index (χ1n) is 9.13. The summed E-state index contributed by atoms with van der Waals surface area (Å²) < 4.78 is 0. The second-order valence-corrected chi connectivity index (χ2v) is 6.15. The average Bonchev–Trinajstić information content (AvgIpc) is 2.64. The van der Waals surface area contributed by atoms with Crippen molar-refractivity contribution in [2.75, 3.05) is 32.7 Å². The first-order chi connectivity index (χ1) is 11.8. The lowest BCUT2D eigenvalue weighted by atomic mass is 10.1. The van der Waals surface area contributed by atoms with E-state index in [-0.39, 0.29) is 12.5 Å². The lowest BCUT2D eigenvalue weighted by molar-refractivity contribution is -0.130. The Morgan fingerprint density at radius 1 is 1.12 bits per heavy atom. The van der Waals surface area contributed by atoms with Crippen LogP contribution in [0.15, 0.2) is 35.3 Å². The Kier molecular flexibility index (Phi) is 8.15. The monoisotopic (exact) mass is 330 g/mol. The molecule has 0 spiro atoms. The molecule has 132 valence electrons. The van der Waals surface area contributed by atoms with Crippen molar-refractivity contribution in [3.05, 3.63) is 35.9 Å². The van der Waals surface area contributed by atoms with E-state index in [0.29, 0.717) is 0 Å². The number of piperidine rings is 1. The van der Waals surface area contributed by atoms with E-state index in [1.807, 2.05) is 17.9 Å². The van der Waals surface area contributed by atoms with Crippen LogP contribution < -0.4 is 10.6 Å². The standard InChI is InChI=1S/C19H30N4O/c1-2-20-19(21-13-9-12-17-10-5-3-6-11-17)22-16-18(24)23-14-7-4-8-15-23/h3,5-6,10-11H,2,4,7-9,12-16H2,1H3,(H2,20,21,22). The molecule has 1 saturated heterocycles. The number of carbonyl (C=O) groups is 1. The highest BCUT2D eigenvalue weighted by atomic mass is 16.2. The van der Waals surface area contributed by atoms with Gasteiger partial charge in [0.05, 0.1) is 0 Å². The topological polar surface area (TPSA) is 56.7 Å². The van der Waals surface area contributed by atoms with Crippen LogP contribution >= 0.6 is 0 Å². The Morgan fingerprint density at radius 3 is 2.58 bits per heavy atom. The van der Waals surface area contributed by atoms with Gasteiger partial charge in [-0.05, 0) is 44.6 Å². The Bertz CT molecular complexity index is 509. The normalized spacial score (nSPS) is 15.2. The number of benzene rings is 1. The summed E-state index contributed by atoms with van der Waals surface area (Å²) in [7, 11) is 0. The highest BCUT2D eigenvalue weighted by Gasteiger charge is 2.15. The maximum absolute atomic E-state index is 12.2. The van der Waals surface area contributed by atoms with Gasteiger partial charge in [-0.3, -0.25) is 4.79 Å². The van der Waals surface area contributed by atoms with Crippen LogP contribution in [0.25, 0.3) is 0 Å². The van der Waals surface area contributed by atoms with Gasteiger partial charge in [-0.25, -0.2) is 4.99 Å². The third kappa shape index (κ3) is 6.60. The smallest absolute Gasteiger partial charge is 0.244 e. The maximum atomic E-state index is 12.2. The third-order valence-electron chi connectivity index (χ3n) is 4.20. The first-order valence-corrected chi connectivity index (χ1v) is 9.13. The molecule has 1 aliphatic heterocycles. The van der Waals surface area contributed by atoms with Gasteiger partial charge in [-0.15, -0.1) is 0 Å². The number of amides is 1. The molecule has 2 rings (SSSR count). The van der Waals surface area contributed by atoms with E-state index in [2.05, 4.69) is 39.9 Å². The summed E-state index contributed by atoms with van der Waals surface area (Å²) in [4.78, 5) is 18.6. The molecule has 0 radical (unpaired) electrons. The molecular formula is C19H30N4O. The van der Waals surface area contributed by atoms with Crippen LogP contribution in [0.3, 0.4) is 0 Å². The molecule has 0 saturated carbocycles. The lowest BCUT2D eigenvalue weighted by Crippen LogP contribution is -2.40. The average molecular weight is 330 g/mol. The van der Waals surface area contributed by atoms with Crippen LogP contribution in [0.4, 0.5) is 0 Å². The summed E-state index contributed by atoms with van der Waals surface area (Å²) in [6.45, 7) is 5.67. The van der Waals surface area contributed by atoms with Gasteiger partial charge >= 0.3 is 0 Å². The molecule has 0 atom stereocenters. The van der Waals surface area contributed by atoms with Crippen molar-refractivity contribution in [2.45, 2.75) is 39.0 Å². The minimum atomic E-state index is 0.135. The zero-order valence-electron chi connectivity index (χ0n) is 14.8. The van der Waals surface area contributed by atoms with Crippen molar-refractivity contribution in [2.24, 2.45) is 4.99 Å². The van der Waals surface area contributed by atoms with Crippen LogP contribution in [-0.2, 0) is 11.2 Å². The van der Waals surface area contributed by atoms with E-state index in [9.17, 15) is 4.79 Å². The lowest BCUT2D eigenvalue weighted by Gasteiger charge is -2.26. The molecule has 2 N–H and O–H groups in total. The summed E-state index contributed by atoms with van der Waals surface area (Å²) in [6.07, 6.45) is 5.55. The summed E-state index contributed by atoms with van der Waals surface area (Å²) in [5.41, 5.74) is 1.35. The second kappa shape index (κ2) is 10.7. The summed E-state index contributed by atoms with van der Waals surface area (Å²) in [5, 5.41) is 6.53. The van der Waals surface area contributed by atoms with Gasteiger partial charge in [0.25, 0.3) is 0 Å². The molecule has 1 amide bonds. The molecule has 24 heavy (non-hydrogen) atoms. The first kappa shape index (κ1) is 18.3. The number of hydrogen-bond donors (Lipinski definition) is 2. The fraction of sp³-hybridized carbons (Fsp3) is 0.579. The van der Waals surface area contributed by atoms with Gasteiger partial charge in [-0.1, -0.05) is 30.3 Å². The Labute approximate surface area is 145 Å². The Balaban J connectivity index is 1.72. The molecule has 1 aromatic carbocycles. The van der Waals surface area contributed by atoms with Crippen LogP contribution in [-0.4, -0.2) is 49.5 Å². The number of carbonyl (C=O) groups excluding carboxylic acids is 1. The summed E-state index contributed by atoms with van der Waals surface area (Å²) in [5.74, 6) is 0.868. The highest BCUT2D eigenvalue weighted by molar-refractivity contribution is 5.84. The molecule has 1 aliphatic rings. The van der Waals surface area contributed by atoms with E-state index in [1.54, 1.807) is 0 Å². The number of aryl methyl sites for hydroxylation is 1. The number of rotatable bonds is 7. The minimum absolute atomic E-state index is 0.135. The van der Waals surface area contributed by atoms with Crippen molar-refractivity contribution in [3.8, 4) is 0 Å². The van der Waals surface area contributed by atoms with Crippen LogP contribution in [0.1, 0.15) is 38.2 Å². The van der Waals surface area contributed by atoms with E-state index in [4.69, 9.17) is 0 Å². The summed E-state index contributed by atoms with van der Waals surface area (Å²) >= 11 is 0. The molecule has 1 fully saturated rings. The van der Waals surface area contributed by atoms with Crippen molar-refractivity contribution < 1.29 is 4.79 Å². The van der Waals surface area contributed by atoms with Crippen molar-refractivity contribution in [1.29, 1.82) is 0 Å². The molecule has 5 nitrogen and oxygen atoms in total. The SMILES string of the molecule is CCNC(=NCC(=O)N1CCCCC1)NCCCc1ccccc1. The zero-order valence-corrected chi connectivity index (χ0v) is 14.8. The largest absolute Gasteiger partial charge is 0.357 e. The van der Waals surface area contributed by atoms with E-state index in [1.165, 1.54) is 12.0 Å². The number of likely N-dealkylation sites (tertiary alicyclic amines) is 1. The van der Waals surface area contributed by atoms with Crippen molar-refractivity contribution in [1.82, 2.24) is 15.5 Å². The molecule has 0 bridgehead atoms. The minimum Gasteiger partial charge on any atom is -0.357 e. The molecule has 0 unspecified atom stereocenters. The van der Waals surface area contributed by atoms with E-state index < -0.39 is 0 Å². The van der Waals surface area contributed by atoms with Gasteiger partial charge < -0.3 is 15.5 Å². The Hall–Kier alpha value is -2.04. The van der Waals surface area contributed by atoms with Crippen molar-refractivity contribution in [3.63, 3.8) is 0 Å².